The van der Waals surface area contributed by atoms with Crippen LogP contribution in [0.2, 0.25) is 5.02 Å². The highest BCUT2D eigenvalue weighted by Gasteiger charge is 2.51. The van der Waals surface area contributed by atoms with E-state index in [9.17, 15) is 32.3 Å². The molecule has 0 amide bonds. The van der Waals surface area contributed by atoms with Crippen LogP contribution >= 0.6 is 23.2 Å². The molecule has 0 radical (unpaired) electrons. The molecule has 1 aliphatic rings. The van der Waals surface area contributed by atoms with Crippen molar-refractivity contribution in [3.05, 3.63) is 61.1 Å². The number of ketones is 1. The summed E-state index contributed by atoms with van der Waals surface area (Å²) in [5, 5.41) is -4.42. The Hall–Kier alpha value is -2.59. The lowest BCUT2D eigenvalue weighted by Gasteiger charge is -2.17. The maximum Gasteiger partial charge on any atom is 0.363 e. The molecular weight excluding hydrogens is 452 g/mol. The minimum atomic E-state index is -4.02. The van der Waals surface area contributed by atoms with Gasteiger partial charge in [-0.3, -0.25) is 14.2 Å². The number of rotatable bonds is 5. The number of Topliss-reactive ketones (excluding diaryl/α,β-unsaturated/α-hetero) is 1. The van der Waals surface area contributed by atoms with Gasteiger partial charge in [-0.15, -0.1) is 0 Å². The SMILES string of the molecule is CC(=O)C1(OC(=O)c2cc(-n3c(=O)cc(C(F)(F)Cl)n(C)c3=O)c(F)cc2Cl)CC1. The van der Waals surface area contributed by atoms with Gasteiger partial charge in [-0.25, -0.2) is 18.5 Å². The summed E-state index contributed by atoms with van der Waals surface area (Å²) in [4.78, 5) is 48.9. The molecule has 0 N–H and O–H groups in total. The third kappa shape index (κ3) is 3.77. The number of hydrogen-bond donors (Lipinski definition) is 0. The number of carbonyl (C=O) groups is 2. The molecule has 2 aromatic rings. The number of nitrogens with zero attached hydrogens (tertiary/aromatic N) is 2. The second-order valence-corrected chi connectivity index (χ2v) is 7.65. The van der Waals surface area contributed by atoms with Crippen LogP contribution in [-0.4, -0.2) is 26.5 Å². The van der Waals surface area contributed by atoms with Crippen LogP contribution in [0.4, 0.5) is 13.2 Å². The smallest absolute Gasteiger partial charge is 0.363 e. The van der Waals surface area contributed by atoms with Crippen molar-refractivity contribution in [1.29, 1.82) is 0 Å². The Morgan fingerprint density at radius 1 is 1.20 bits per heavy atom. The quantitative estimate of drug-likeness (QED) is 0.501. The maximum atomic E-state index is 14.5. The maximum absolute atomic E-state index is 14.5. The monoisotopic (exact) mass is 464 g/mol. The molecule has 0 atom stereocenters. The molecule has 1 fully saturated rings. The molecule has 30 heavy (non-hydrogen) atoms. The molecule has 0 spiro atoms. The van der Waals surface area contributed by atoms with Gasteiger partial charge in [0.1, 0.15) is 11.5 Å². The number of carbonyl (C=O) groups excluding carboxylic acids is 2. The largest absolute Gasteiger partial charge is 0.447 e. The summed E-state index contributed by atoms with van der Waals surface area (Å²) < 4.78 is 47.1. The predicted molar refractivity (Wildman–Crippen MR) is 100 cm³/mol. The Kier molecular flexibility index (Phi) is 5.36. The van der Waals surface area contributed by atoms with Crippen molar-refractivity contribution in [2.45, 2.75) is 30.7 Å². The fraction of sp³-hybridized carbons (Fsp3) is 0.333. The van der Waals surface area contributed by atoms with Crippen LogP contribution < -0.4 is 11.2 Å². The molecule has 0 unspecified atom stereocenters. The molecule has 0 aliphatic heterocycles. The first-order chi connectivity index (χ1) is 13.8. The summed E-state index contributed by atoms with van der Waals surface area (Å²) in [6.45, 7) is 1.25. The number of alkyl halides is 3. The lowest BCUT2D eigenvalue weighted by Crippen LogP contribution is -2.41. The molecule has 0 bridgehead atoms. The van der Waals surface area contributed by atoms with E-state index in [0.29, 0.717) is 29.5 Å². The molecule has 1 aliphatic carbocycles. The molecule has 160 valence electrons. The van der Waals surface area contributed by atoms with Crippen molar-refractivity contribution in [2.75, 3.05) is 0 Å². The molecular formula is C18H13Cl2F3N2O5. The van der Waals surface area contributed by atoms with E-state index in [1.165, 1.54) is 6.92 Å². The topological polar surface area (TPSA) is 87.4 Å². The van der Waals surface area contributed by atoms with Crippen LogP contribution in [0.15, 0.2) is 27.8 Å². The van der Waals surface area contributed by atoms with E-state index < -0.39 is 56.0 Å². The zero-order valence-electron chi connectivity index (χ0n) is 15.5. The zero-order valence-corrected chi connectivity index (χ0v) is 17.0. The van der Waals surface area contributed by atoms with Gasteiger partial charge >= 0.3 is 17.0 Å². The van der Waals surface area contributed by atoms with E-state index in [4.69, 9.17) is 27.9 Å². The summed E-state index contributed by atoms with van der Waals surface area (Å²) in [5.41, 5.74) is -6.15. The third-order valence-electron chi connectivity index (χ3n) is 4.74. The number of halogens is 5. The summed E-state index contributed by atoms with van der Waals surface area (Å²) in [5.74, 6) is -2.62. The highest BCUT2D eigenvalue weighted by molar-refractivity contribution is 6.33. The van der Waals surface area contributed by atoms with Gasteiger partial charge in [-0.05, 0) is 43.5 Å². The van der Waals surface area contributed by atoms with Crippen molar-refractivity contribution in [3.8, 4) is 5.69 Å². The number of hydrogen-bond acceptors (Lipinski definition) is 5. The lowest BCUT2D eigenvalue weighted by atomic mass is 10.1. The summed E-state index contributed by atoms with van der Waals surface area (Å²) >= 11 is 10.8. The van der Waals surface area contributed by atoms with E-state index in [1.807, 2.05) is 0 Å². The normalized spacial score (nSPS) is 15.0. The Labute approximate surface area is 176 Å². The number of benzene rings is 1. The van der Waals surface area contributed by atoms with Crippen LogP contribution in [0.5, 0.6) is 0 Å². The van der Waals surface area contributed by atoms with Crippen LogP contribution in [0.1, 0.15) is 35.8 Å². The minimum absolute atomic E-state index is 0.242. The summed E-state index contributed by atoms with van der Waals surface area (Å²) in [7, 11) is 0.913. The van der Waals surface area contributed by atoms with Gasteiger partial charge in [-0.1, -0.05) is 11.6 Å². The Bertz CT molecular complexity index is 1200. The fourth-order valence-corrected chi connectivity index (χ4v) is 3.27. The van der Waals surface area contributed by atoms with Crippen LogP contribution in [0, 0.1) is 5.82 Å². The van der Waals surface area contributed by atoms with Gasteiger partial charge in [0.05, 0.1) is 16.3 Å². The first kappa shape index (κ1) is 22.1. The van der Waals surface area contributed by atoms with Crippen LogP contribution in [0.25, 0.3) is 5.69 Å². The van der Waals surface area contributed by atoms with Crippen molar-refractivity contribution in [3.63, 3.8) is 0 Å². The van der Waals surface area contributed by atoms with Crippen molar-refractivity contribution in [1.82, 2.24) is 9.13 Å². The van der Waals surface area contributed by atoms with Crippen LogP contribution in [0.3, 0.4) is 0 Å². The van der Waals surface area contributed by atoms with Crippen LogP contribution in [-0.2, 0) is 22.0 Å². The van der Waals surface area contributed by atoms with E-state index in [0.717, 1.165) is 13.1 Å². The molecule has 1 saturated carbocycles. The van der Waals surface area contributed by atoms with Gasteiger partial charge in [-0.2, -0.15) is 8.78 Å². The lowest BCUT2D eigenvalue weighted by molar-refractivity contribution is -0.127. The minimum Gasteiger partial charge on any atom is -0.447 e. The standard InChI is InChI=1S/C18H13Cl2F3N2O5/c1-8(26)17(3-4-17)30-15(28)9-5-12(11(21)6-10(9)19)25-14(27)7-13(18(20,22)23)24(2)16(25)29/h5-7H,3-4H2,1-2H3. The average molecular weight is 465 g/mol. The van der Waals surface area contributed by atoms with Gasteiger partial charge in [0.2, 0.25) is 0 Å². The van der Waals surface area contributed by atoms with E-state index in [1.54, 1.807) is 0 Å². The van der Waals surface area contributed by atoms with Gasteiger partial charge in [0.25, 0.3) is 5.56 Å². The molecule has 1 aromatic carbocycles. The number of ether oxygens (including phenoxy) is 1. The highest BCUT2D eigenvalue weighted by atomic mass is 35.5. The second-order valence-electron chi connectivity index (χ2n) is 6.77. The van der Waals surface area contributed by atoms with Gasteiger partial charge in [0, 0.05) is 13.1 Å². The first-order valence-corrected chi connectivity index (χ1v) is 9.18. The summed E-state index contributed by atoms with van der Waals surface area (Å²) in [6, 6.07) is 1.81. The molecule has 7 nitrogen and oxygen atoms in total. The Morgan fingerprint density at radius 3 is 2.30 bits per heavy atom. The molecule has 0 saturated heterocycles. The van der Waals surface area contributed by atoms with Crippen molar-refractivity contribution < 1.29 is 27.5 Å². The predicted octanol–water partition coefficient (Wildman–Crippen LogP) is 2.90. The molecule has 12 heteroatoms. The highest BCUT2D eigenvalue weighted by Crippen LogP contribution is 2.41. The first-order valence-electron chi connectivity index (χ1n) is 8.42. The van der Waals surface area contributed by atoms with Crippen molar-refractivity contribution in [2.24, 2.45) is 7.05 Å². The molecule has 1 aromatic heterocycles. The van der Waals surface area contributed by atoms with Gasteiger partial charge < -0.3 is 4.74 Å². The fourth-order valence-electron chi connectivity index (χ4n) is 2.86. The number of esters is 1. The third-order valence-corrected chi connectivity index (χ3v) is 5.25. The Morgan fingerprint density at radius 2 is 1.80 bits per heavy atom. The van der Waals surface area contributed by atoms with E-state index in [2.05, 4.69) is 0 Å². The van der Waals surface area contributed by atoms with E-state index in [-0.39, 0.29) is 10.4 Å². The second kappa shape index (κ2) is 7.28. The number of aromatic nitrogens is 2. The summed E-state index contributed by atoms with van der Waals surface area (Å²) in [6.07, 6.45) is 0.627. The average Bonchev–Trinajstić information content (AvgIpc) is 3.39. The molecule has 1 heterocycles. The van der Waals surface area contributed by atoms with E-state index >= 15 is 0 Å². The molecule has 3 rings (SSSR count). The Balaban J connectivity index is 2.15. The van der Waals surface area contributed by atoms with Gasteiger partial charge in [0.15, 0.2) is 11.4 Å². The van der Waals surface area contributed by atoms with Crippen molar-refractivity contribution >= 4 is 35.0 Å². The zero-order chi connectivity index (χ0) is 22.6.